The number of nitrogens with one attached hydrogen (secondary N) is 1. The summed E-state index contributed by atoms with van der Waals surface area (Å²) in [6.45, 7) is 5.78. The minimum atomic E-state index is -0.113. The highest BCUT2D eigenvalue weighted by Crippen LogP contribution is 2.27. The average Bonchev–Trinajstić information content (AvgIpc) is 3.12. The number of pyridine rings is 1. The van der Waals surface area contributed by atoms with Gasteiger partial charge in [-0.15, -0.1) is 0 Å². The number of hydrogen-bond donors (Lipinski definition) is 1. The number of halogens is 1. The molecule has 1 saturated heterocycles. The van der Waals surface area contributed by atoms with Crippen molar-refractivity contribution in [2.24, 2.45) is 0 Å². The topological polar surface area (TPSA) is 84.2 Å². The van der Waals surface area contributed by atoms with Crippen LogP contribution in [-0.2, 0) is 11.2 Å². The Labute approximate surface area is 186 Å². The first-order chi connectivity index (χ1) is 15.0. The number of nitrogens with zero attached hydrogens (tertiary/aromatic N) is 4. The minimum Gasteiger partial charge on any atom is -0.305 e. The molecule has 3 aromatic rings. The molecule has 0 spiro atoms. The second kappa shape index (κ2) is 9.58. The molecule has 2 aromatic heterocycles. The summed E-state index contributed by atoms with van der Waals surface area (Å²) in [6.07, 6.45) is 2.92. The molecule has 3 heterocycles. The van der Waals surface area contributed by atoms with Gasteiger partial charge in [0.2, 0.25) is 5.91 Å². The van der Waals surface area contributed by atoms with E-state index in [1.807, 2.05) is 25.1 Å². The van der Waals surface area contributed by atoms with Crippen molar-refractivity contribution in [1.29, 1.82) is 0 Å². The number of benzene rings is 1. The zero-order valence-corrected chi connectivity index (χ0v) is 18.5. The Bertz CT molecular complexity index is 1070. The molecule has 1 aliphatic rings. The van der Waals surface area contributed by atoms with Gasteiger partial charge in [0.05, 0.1) is 6.54 Å². The highest BCUT2D eigenvalue weighted by atomic mass is 35.5. The van der Waals surface area contributed by atoms with Crippen LogP contribution in [0.1, 0.15) is 47.0 Å². The maximum atomic E-state index is 12.4. The Kier molecular flexibility index (Phi) is 6.63. The van der Waals surface area contributed by atoms with Gasteiger partial charge in [0.25, 0.3) is 0 Å². The van der Waals surface area contributed by atoms with Crippen molar-refractivity contribution in [2.45, 2.75) is 39.0 Å². The van der Waals surface area contributed by atoms with Crippen molar-refractivity contribution in [2.75, 3.05) is 25.0 Å². The second-order valence-corrected chi connectivity index (χ2v) is 8.61. The molecule has 0 aliphatic carbocycles. The van der Waals surface area contributed by atoms with Crippen LogP contribution < -0.4 is 5.32 Å². The lowest BCUT2D eigenvalue weighted by Gasteiger charge is -2.32. The lowest BCUT2D eigenvalue weighted by atomic mass is 9.92. The Hall–Kier alpha value is -2.77. The lowest BCUT2D eigenvalue weighted by molar-refractivity contribution is -0.117. The van der Waals surface area contributed by atoms with Crippen LogP contribution in [0, 0.1) is 13.8 Å². The van der Waals surface area contributed by atoms with Crippen LogP contribution in [0.5, 0.6) is 0 Å². The molecule has 7 nitrogen and oxygen atoms in total. The van der Waals surface area contributed by atoms with E-state index in [2.05, 4.69) is 43.4 Å². The van der Waals surface area contributed by atoms with Gasteiger partial charge in [-0.25, -0.2) is 4.63 Å². The molecular formula is C23H26ClN5O2. The summed E-state index contributed by atoms with van der Waals surface area (Å²) in [5.74, 6) is 0.567. The molecule has 8 heteroatoms. The number of piperidine rings is 1. The van der Waals surface area contributed by atoms with Gasteiger partial charge in [-0.05, 0) is 80.2 Å². The monoisotopic (exact) mass is 439 g/mol. The third-order valence-corrected chi connectivity index (χ3v) is 5.77. The molecule has 31 heavy (non-hydrogen) atoms. The van der Waals surface area contributed by atoms with E-state index in [1.165, 1.54) is 11.1 Å². The molecule has 1 aromatic carbocycles. The number of rotatable bonds is 6. The van der Waals surface area contributed by atoms with Crippen LogP contribution in [0.15, 0.2) is 41.0 Å². The minimum absolute atomic E-state index is 0.113. The maximum absolute atomic E-state index is 12.4. The largest absolute Gasteiger partial charge is 0.305 e. The summed E-state index contributed by atoms with van der Waals surface area (Å²) in [6, 6.07) is 12.3. The third-order valence-electron chi connectivity index (χ3n) is 5.53. The Balaban J connectivity index is 1.42. The van der Waals surface area contributed by atoms with Gasteiger partial charge in [-0.2, -0.15) is 0 Å². The predicted molar refractivity (Wildman–Crippen MR) is 119 cm³/mol. The number of aromatic nitrogens is 3. The van der Waals surface area contributed by atoms with Gasteiger partial charge in [0.15, 0.2) is 5.82 Å². The zero-order chi connectivity index (χ0) is 21.8. The van der Waals surface area contributed by atoms with Crippen molar-refractivity contribution in [1.82, 2.24) is 20.2 Å². The van der Waals surface area contributed by atoms with E-state index in [-0.39, 0.29) is 5.91 Å². The highest BCUT2D eigenvalue weighted by Gasteiger charge is 2.25. The first-order valence-electron chi connectivity index (χ1n) is 10.5. The lowest BCUT2D eigenvalue weighted by Crippen LogP contribution is -2.40. The van der Waals surface area contributed by atoms with Crippen LogP contribution in [0.4, 0.5) is 5.82 Å². The number of amides is 1. The van der Waals surface area contributed by atoms with Crippen molar-refractivity contribution in [3.8, 4) is 0 Å². The van der Waals surface area contributed by atoms with Crippen LogP contribution in [-0.4, -0.2) is 45.7 Å². The molecule has 0 bridgehead atoms. The van der Waals surface area contributed by atoms with Crippen molar-refractivity contribution < 1.29 is 9.42 Å². The maximum Gasteiger partial charge on any atom is 0.239 e. The van der Waals surface area contributed by atoms with Gasteiger partial charge in [-0.3, -0.25) is 14.7 Å². The molecule has 1 N–H and O–H groups in total. The van der Waals surface area contributed by atoms with Gasteiger partial charge in [0, 0.05) is 28.9 Å². The quantitative estimate of drug-likeness (QED) is 0.621. The number of hydrogen-bond acceptors (Lipinski definition) is 6. The third kappa shape index (κ3) is 5.68. The molecule has 0 radical (unpaired) electrons. The summed E-state index contributed by atoms with van der Waals surface area (Å²) in [4.78, 5) is 19.4. The van der Waals surface area contributed by atoms with E-state index >= 15 is 0 Å². The fraction of sp³-hybridized carbons (Fsp3) is 0.391. The Morgan fingerprint density at radius 1 is 1.23 bits per heavy atom. The summed E-state index contributed by atoms with van der Waals surface area (Å²) in [7, 11) is 0. The second-order valence-electron chi connectivity index (χ2n) is 8.17. The standard InChI is InChI=1S/C23H26ClN5O2/c1-15-9-18(10-17-5-3-7-20(24)11-17)12-21(25-15)19-6-4-8-29(13-19)14-22(30)26-23-16(2)27-31-28-23/h3,5,7,9,11-12,19H,4,6,8,10,13-14H2,1-2H3,(H,26,28,30)/t19-/m1/s1. The summed E-state index contributed by atoms with van der Waals surface area (Å²) < 4.78 is 4.64. The molecule has 0 unspecified atom stereocenters. The molecule has 0 saturated carbocycles. The molecule has 1 fully saturated rings. The molecule has 4 rings (SSSR count). The van der Waals surface area contributed by atoms with Crippen LogP contribution >= 0.6 is 11.6 Å². The van der Waals surface area contributed by atoms with Crippen LogP contribution in [0.3, 0.4) is 0 Å². The van der Waals surface area contributed by atoms with Crippen LogP contribution in [0.2, 0.25) is 5.02 Å². The summed E-state index contributed by atoms with van der Waals surface area (Å²) in [5.41, 5.74) is 5.09. The van der Waals surface area contributed by atoms with E-state index in [4.69, 9.17) is 16.6 Å². The number of anilines is 1. The van der Waals surface area contributed by atoms with E-state index < -0.39 is 0 Å². The molecule has 162 valence electrons. The molecule has 1 atom stereocenters. The first-order valence-corrected chi connectivity index (χ1v) is 10.9. The van der Waals surface area contributed by atoms with Gasteiger partial charge in [0.1, 0.15) is 5.69 Å². The molecule has 1 amide bonds. The Morgan fingerprint density at radius 3 is 2.87 bits per heavy atom. The van der Waals surface area contributed by atoms with Gasteiger partial charge < -0.3 is 5.32 Å². The molecule has 1 aliphatic heterocycles. The van der Waals surface area contributed by atoms with Crippen LogP contribution in [0.25, 0.3) is 0 Å². The number of carbonyl (C=O) groups excluding carboxylic acids is 1. The number of likely N-dealkylation sites (tertiary alicyclic amines) is 1. The average molecular weight is 440 g/mol. The zero-order valence-electron chi connectivity index (χ0n) is 17.8. The normalized spacial score (nSPS) is 16.9. The summed E-state index contributed by atoms with van der Waals surface area (Å²) in [5, 5.41) is 10.9. The van der Waals surface area contributed by atoms with Crippen molar-refractivity contribution >= 4 is 23.3 Å². The number of carbonyl (C=O) groups is 1. The van der Waals surface area contributed by atoms with E-state index in [0.29, 0.717) is 24.0 Å². The fourth-order valence-electron chi connectivity index (χ4n) is 4.12. The SMILES string of the molecule is Cc1cc(Cc2cccc(Cl)c2)cc([C@@H]2CCCN(CC(=O)Nc3nonc3C)C2)n1. The van der Waals surface area contributed by atoms with E-state index in [0.717, 1.165) is 48.8 Å². The summed E-state index contributed by atoms with van der Waals surface area (Å²) >= 11 is 6.14. The Morgan fingerprint density at radius 2 is 2.10 bits per heavy atom. The first kappa shape index (κ1) is 21.5. The fourth-order valence-corrected chi connectivity index (χ4v) is 4.34. The predicted octanol–water partition coefficient (Wildman–Crippen LogP) is 4.14. The van der Waals surface area contributed by atoms with E-state index in [1.54, 1.807) is 6.92 Å². The number of aryl methyl sites for hydroxylation is 2. The molecular weight excluding hydrogens is 414 g/mol. The van der Waals surface area contributed by atoms with Gasteiger partial charge >= 0.3 is 0 Å². The smallest absolute Gasteiger partial charge is 0.239 e. The highest BCUT2D eigenvalue weighted by molar-refractivity contribution is 6.30. The van der Waals surface area contributed by atoms with Gasteiger partial charge in [-0.1, -0.05) is 28.9 Å². The van der Waals surface area contributed by atoms with Crippen molar-refractivity contribution in [3.63, 3.8) is 0 Å². The van der Waals surface area contributed by atoms with E-state index in [9.17, 15) is 4.79 Å². The van der Waals surface area contributed by atoms with Crippen molar-refractivity contribution in [3.05, 3.63) is 69.6 Å².